The van der Waals surface area contributed by atoms with Crippen LogP contribution in [-0.4, -0.2) is 9.55 Å². The van der Waals surface area contributed by atoms with E-state index in [2.05, 4.69) is 4.98 Å². The van der Waals surface area contributed by atoms with Crippen molar-refractivity contribution < 1.29 is 4.39 Å². The highest BCUT2D eigenvalue weighted by atomic mass is 19.1. The third-order valence-corrected chi connectivity index (χ3v) is 4.07. The highest BCUT2D eigenvalue weighted by Gasteiger charge is 2.21. The van der Waals surface area contributed by atoms with Crippen LogP contribution in [0.5, 0.6) is 0 Å². The Kier molecular flexibility index (Phi) is 3.64. The molecule has 118 valence electrons. The second-order valence-electron chi connectivity index (χ2n) is 5.86. The number of fused-ring (bicyclic) bond motifs is 1. The molecular formula is C18H17FN2O2. The molecule has 0 aliphatic heterocycles. The number of halogens is 1. The number of nitrogens with zero attached hydrogens (tertiary/aromatic N) is 1. The van der Waals surface area contributed by atoms with E-state index in [-0.39, 0.29) is 17.2 Å². The zero-order valence-corrected chi connectivity index (χ0v) is 13.2. The molecule has 0 aliphatic carbocycles. The van der Waals surface area contributed by atoms with Gasteiger partial charge in [0.25, 0.3) is 11.1 Å². The molecule has 3 aromatic rings. The second kappa shape index (κ2) is 5.50. The highest BCUT2D eigenvalue weighted by molar-refractivity contribution is 5.85. The minimum atomic E-state index is -0.614. The Labute approximate surface area is 132 Å². The number of pyridine rings is 2. The van der Waals surface area contributed by atoms with Gasteiger partial charge < -0.3 is 4.98 Å². The average molecular weight is 312 g/mol. The Morgan fingerprint density at radius 1 is 1.09 bits per heavy atom. The van der Waals surface area contributed by atoms with E-state index in [1.54, 1.807) is 37.3 Å². The predicted octanol–water partition coefficient (Wildman–Crippen LogP) is 3.25. The fourth-order valence-electron chi connectivity index (χ4n) is 2.90. The van der Waals surface area contributed by atoms with E-state index in [0.717, 1.165) is 4.57 Å². The van der Waals surface area contributed by atoms with Crippen molar-refractivity contribution in [3.05, 3.63) is 74.3 Å². The Hall–Kier alpha value is -2.69. The molecule has 1 N–H and O–H groups in total. The summed E-state index contributed by atoms with van der Waals surface area (Å²) in [6, 6.07) is 8.52. The number of rotatable bonds is 2. The minimum Gasteiger partial charge on any atom is -0.329 e. The Bertz CT molecular complexity index is 1020. The quantitative estimate of drug-likeness (QED) is 0.739. The summed E-state index contributed by atoms with van der Waals surface area (Å²) in [4.78, 5) is 27.2. The lowest BCUT2D eigenvalue weighted by Crippen LogP contribution is -2.26. The number of benzene rings is 1. The smallest absolute Gasteiger partial charge is 0.265 e. The molecule has 0 aliphatic rings. The number of hydrogen-bond donors (Lipinski definition) is 1. The molecule has 0 radical (unpaired) electrons. The molecule has 0 spiro atoms. The molecule has 1 aromatic carbocycles. The van der Waals surface area contributed by atoms with Gasteiger partial charge in [-0.3, -0.25) is 14.2 Å². The third kappa shape index (κ3) is 2.29. The first-order valence-electron chi connectivity index (χ1n) is 7.45. The van der Waals surface area contributed by atoms with E-state index >= 15 is 4.39 Å². The third-order valence-electron chi connectivity index (χ3n) is 4.07. The molecule has 4 nitrogen and oxygen atoms in total. The number of nitrogens with one attached hydrogen (secondary N) is 1. The van der Waals surface area contributed by atoms with Crippen molar-refractivity contribution in [3.63, 3.8) is 0 Å². The number of hydrogen-bond acceptors (Lipinski definition) is 2. The largest absolute Gasteiger partial charge is 0.329 e. The van der Waals surface area contributed by atoms with Gasteiger partial charge >= 0.3 is 0 Å². The van der Waals surface area contributed by atoms with E-state index in [1.807, 2.05) is 13.8 Å². The zero-order valence-electron chi connectivity index (χ0n) is 13.2. The fraction of sp³-hybridized carbons (Fsp3) is 0.222. The monoisotopic (exact) mass is 312 g/mol. The Balaban J connectivity index is 2.54. The van der Waals surface area contributed by atoms with Gasteiger partial charge in [0.15, 0.2) is 0 Å². The molecule has 23 heavy (non-hydrogen) atoms. The maximum atomic E-state index is 15.2. The molecule has 0 saturated carbocycles. The van der Waals surface area contributed by atoms with Crippen molar-refractivity contribution >= 4 is 10.8 Å². The molecule has 0 unspecified atom stereocenters. The van der Waals surface area contributed by atoms with Crippen molar-refractivity contribution in [2.24, 2.45) is 0 Å². The standard InChI is InChI=1S/C18H17FN2O2/c1-10(2)15-12-6-4-5-7-13(12)18(23)21(16(15)19)14-8-9-20-17(22)11(14)3/h4-10H,1-3H3,(H,20,22). The van der Waals surface area contributed by atoms with Crippen LogP contribution in [-0.2, 0) is 0 Å². The van der Waals surface area contributed by atoms with Gasteiger partial charge in [0, 0.05) is 22.7 Å². The van der Waals surface area contributed by atoms with Crippen LogP contribution < -0.4 is 11.1 Å². The summed E-state index contributed by atoms with van der Waals surface area (Å²) in [5.41, 5.74) is 0.242. The van der Waals surface area contributed by atoms with Crippen molar-refractivity contribution in [1.82, 2.24) is 9.55 Å². The number of H-pyrrole nitrogens is 1. The van der Waals surface area contributed by atoms with Crippen molar-refractivity contribution in [2.45, 2.75) is 26.7 Å². The van der Waals surface area contributed by atoms with Crippen LogP contribution in [0.1, 0.15) is 30.9 Å². The van der Waals surface area contributed by atoms with Crippen LogP contribution in [0.3, 0.4) is 0 Å². The number of aromatic nitrogens is 2. The first-order chi connectivity index (χ1) is 10.9. The molecule has 3 rings (SSSR count). The van der Waals surface area contributed by atoms with Gasteiger partial charge in [-0.25, -0.2) is 0 Å². The Morgan fingerprint density at radius 3 is 2.39 bits per heavy atom. The van der Waals surface area contributed by atoms with Crippen molar-refractivity contribution in [2.75, 3.05) is 0 Å². The van der Waals surface area contributed by atoms with Gasteiger partial charge in [0.05, 0.1) is 5.69 Å². The summed E-state index contributed by atoms with van der Waals surface area (Å²) < 4.78 is 16.2. The second-order valence-corrected chi connectivity index (χ2v) is 5.86. The molecule has 0 bridgehead atoms. The summed E-state index contributed by atoms with van der Waals surface area (Å²) in [6.45, 7) is 5.33. The summed E-state index contributed by atoms with van der Waals surface area (Å²) in [6.07, 6.45) is 1.42. The first kappa shape index (κ1) is 15.2. The van der Waals surface area contributed by atoms with Crippen LogP contribution in [0.2, 0.25) is 0 Å². The molecule has 2 aromatic heterocycles. The maximum Gasteiger partial charge on any atom is 0.265 e. The SMILES string of the molecule is Cc1c(-n2c(F)c(C(C)C)c3ccccc3c2=O)cc[nH]c1=O. The predicted molar refractivity (Wildman–Crippen MR) is 88.9 cm³/mol. The van der Waals surface area contributed by atoms with Gasteiger partial charge in [0.1, 0.15) is 0 Å². The van der Waals surface area contributed by atoms with E-state index in [1.165, 1.54) is 6.20 Å². The Morgan fingerprint density at radius 2 is 1.74 bits per heavy atom. The summed E-state index contributed by atoms with van der Waals surface area (Å²) >= 11 is 0. The molecule has 0 saturated heterocycles. The van der Waals surface area contributed by atoms with Crippen LogP contribution >= 0.6 is 0 Å². The van der Waals surface area contributed by atoms with Gasteiger partial charge in [-0.2, -0.15) is 4.39 Å². The van der Waals surface area contributed by atoms with Gasteiger partial charge in [0.2, 0.25) is 5.95 Å². The zero-order chi connectivity index (χ0) is 16.7. The van der Waals surface area contributed by atoms with Gasteiger partial charge in [-0.05, 0) is 30.4 Å². The van der Waals surface area contributed by atoms with Crippen molar-refractivity contribution in [1.29, 1.82) is 0 Å². The van der Waals surface area contributed by atoms with Gasteiger partial charge in [-0.15, -0.1) is 0 Å². The van der Waals surface area contributed by atoms with E-state index in [4.69, 9.17) is 0 Å². The van der Waals surface area contributed by atoms with Gasteiger partial charge in [-0.1, -0.05) is 32.0 Å². The van der Waals surface area contributed by atoms with Crippen LogP contribution in [0, 0.1) is 12.9 Å². The maximum absolute atomic E-state index is 15.2. The van der Waals surface area contributed by atoms with Crippen LogP contribution in [0.4, 0.5) is 4.39 Å². The highest BCUT2D eigenvalue weighted by Crippen LogP contribution is 2.27. The topological polar surface area (TPSA) is 54.9 Å². The van der Waals surface area contributed by atoms with E-state index < -0.39 is 11.5 Å². The first-order valence-corrected chi connectivity index (χ1v) is 7.45. The lowest BCUT2D eigenvalue weighted by Gasteiger charge is -2.17. The lowest BCUT2D eigenvalue weighted by molar-refractivity contribution is 0.523. The summed E-state index contributed by atoms with van der Waals surface area (Å²) in [5, 5.41) is 1.06. The van der Waals surface area contributed by atoms with Crippen molar-refractivity contribution in [3.8, 4) is 5.69 Å². The average Bonchev–Trinajstić information content (AvgIpc) is 2.51. The normalized spacial score (nSPS) is 11.3. The molecule has 2 heterocycles. The molecule has 0 atom stereocenters. The van der Waals surface area contributed by atoms with E-state index in [9.17, 15) is 9.59 Å². The molecular weight excluding hydrogens is 295 g/mol. The summed E-state index contributed by atoms with van der Waals surface area (Å²) in [5.74, 6) is -0.716. The lowest BCUT2D eigenvalue weighted by atomic mass is 9.97. The molecule has 0 amide bonds. The fourth-order valence-corrected chi connectivity index (χ4v) is 2.90. The van der Waals surface area contributed by atoms with E-state index in [0.29, 0.717) is 21.9 Å². The minimum absolute atomic E-state index is 0.103. The summed E-state index contributed by atoms with van der Waals surface area (Å²) in [7, 11) is 0. The number of aromatic amines is 1. The molecule has 5 heteroatoms. The van der Waals surface area contributed by atoms with Crippen LogP contribution in [0.25, 0.3) is 16.5 Å². The van der Waals surface area contributed by atoms with Crippen LogP contribution in [0.15, 0.2) is 46.1 Å². The molecule has 0 fully saturated rings.